The monoisotopic (exact) mass is 482 g/mol. The third kappa shape index (κ3) is 5.85. The lowest BCUT2D eigenvalue weighted by molar-refractivity contribution is 0.0784. The first-order valence-corrected chi connectivity index (χ1v) is 10.3. The number of aryl methyl sites for hydroxylation is 1. The second kappa shape index (κ2) is 10.3. The molecule has 2 nitrogen and oxygen atoms in total. The van der Waals surface area contributed by atoms with E-state index in [2.05, 4.69) is 59.7 Å². The molecule has 0 saturated carbocycles. The van der Waals surface area contributed by atoms with E-state index in [1.165, 1.54) is 0 Å². The molecule has 142 valence electrons. The maximum absolute atomic E-state index is 6.09. The minimum atomic E-state index is -0.280. The molecule has 0 amide bonds. The van der Waals surface area contributed by atoms with Crippen molar-refractivity contribution in [3.05, 3.63) is 98.6 Å². The van der Waals surface area contributed by atoms with Gasteiger partial charge in [0, 0.05) is 6.42 Å². The second-order valence-corrected chi connectivity index (χ2v) is 7.75. The maximum Gasteiger partial charge on any atom is 0.133 e. The molecular weight excluding hydrogens is 459 g/mol. The molecule has 0 heterocycles. The lowest BCUT2D eigenvalue weighted by Crippen LogP contribution is -2.15. The molecule has 28 heavy (non-hydrogen) atoms. The first kappa shape index (κ1) is 20.4. The van der Waals surface area contributed by atoms with Gasteiger partial charge in [-0.05, 0) is 57.8 Å². The zero-order valence-corrected chi connectivity index (χ0v) is 18.1. The maximum atomic E-state index is 6.09. The van der Waals surface area contributed by atoms with Gasteiger partial charge in [0.25, 0.3) is 0 Å². The Morgan fingerprint density at radius 1 is 0.929 bits per heavy atom. The largest absolute Gasteiger partial charge is 0.488 e. The van der Waals surface area contributed by atoms with Crippen molar-refractivity contribution in [2.45, 2.75) is 32.7 Å². The molecular formula is C25H23IO2. The number of halogens is 1. The van der Waals surface area contributed by atoms with Gasteiger partial charge in [-0.15, -0.1) is 6.42 Å². The van der Waals surface area contributed by atoms with Crippen LogP contribution in [0.4, 0.5) is 0 Å². The summed E-state index contributed by atoms with van der Waals surface area (Å²) in [4.78, 5) is 0. The zero-order chi connectivity index (χ0) is 19.8. The number of benzene rings is 3. The average molecular weight is 482 g/mol. The van der Waals surface area contributed by atoms with Crippen molar-refractivity contribution < 1.29 is 9.47 Å². The minimum Gasteiger partial charge on any atom is -0.488 e. The van der Waals surface area contributed by atoms with Crippen LogP contribution in [0.25, 0.3) is 0 Å². The summed E-state index contributed by atoms with van der Waals surface area (Å²) >= 11 is 2.34. The Morgan fingerprint density at radius 3 is 2.14 bits per heavy atom. The third-order valence-electron chi connectivity index (χ3n) is 4.38. The summed E-state index contributed by atoms with van der Waals surface area (Å²) in [6.07, 6.45) is 6.11. The molecule has 0 N–H and O–H groups in total. The van der Waals surface area contributed by atoms with Gasteiger partial charge in [-0.1, -0.05) is 72.7 Å². The molecule has 3 aromatic rings. The fraction of sp³-hybridized carbons (Fsp3) is 0.200. The van der Waals surface area contributed by atoms with Crippen LogP contribution in [0, 0.1) is 22.8 Å². The normalized spacial score (nSPS) is 11.6. The molecule has 3 heteroatoms. The Kier molecular flexibility index (Phi) is 7.53. The summed E-state index contributed by atoms with van der Waals surface area (Å²) in [6.45, 7) is 3.13. The predicted molar refractivity (Wildman–Crippen MR) is 122 cm³/mol. The van der Waals surface area contributed by atoms with Gasteiger partial charge in [0.05, 0.1) is 10.2 Å². The summed E-state index contributed by atoms with van der Waals surface area (Å²) in [5.74, 6) is 3.67. The number of ether oxygens (including phenoxy) is 2. The number of hydrogen-bond donors (Lipinski definition) is 0. The van der Waals surface area contributed by atoms with Crippen LogP contribution in [-0.2, 0) is 24.4 Å². The van der Waals surface area contributed by atoms with Crippen molar-refractivity contribution in [3.63, 3.8) is 0 Å². The van der Waals surface area contributed by atoms with E-state index >= 15 is 0 Å². The van der Waals surface area contributed by atoms with Gasteiger partial charge in [0.1, 0.15) is 18.5 Å². The molecule has 0 radical (unpaired) electrons. The first-order valence-electron chi connectivity index (χ1n) is 9.23. The highest BCUT2D eigenvalue weighted by atomic mass is 127. The van der Waals surface area contributed by atoms with E-state index in [4.69, 9.17) is 15.9 Å². The van der Waals surface area contributed by atoms with Crippen LogP contribution >= 0.6 is 22.6 Å². The Hall–Kier alpha value is -2.29. The fourth-order valence-corrected chi connectivity index (χ4v) is 3.62. The van der Waals surface area contributed by atoms with E-state index in [0.29, 0.717) is 19.6 Å². The van der Waals surface area contributed by atoms with Gasteiger partial charge >= 0.3 is 0 Å². The van der Waals surface area contributed by atoms with Crippen LogP contribution in [0.15, 0.2) is 72.8 Å². The van der Waals surface area contributed by atoms with Gasteiger partial charge in [0.2, 0.25) is 0 Å². The molecule has 0 fully saturated rings. The number of terminal acetylenes is 1. The minimum absolute atomic E-state index is 0.280. The molecule has 0 saturated heterocycles. The Balaban J connectivity index is 1.68. The van der Waals surface area contributed by atoms with Crippen molar-refractivity contribution in [1.29, 1.82) is 0 Å². The summed E-state index contributed by atoms with van der Waals surface area (Å²) in [6, 6.07) is 24.5. The molecule has 1 atom stereocenters. The van der Waals surface area contributed by atoms with Gasteiger partial charge in [-0.3, -0.25) is 0 Å². The quantitative estimate of drug-likeness (QED) is 0.292. The lowest BCUT2D eigenvalue weighted by atomic mass is 10.0. The summed E-state index contributed by atoms with van der Waals surface area (Å²) in [5, 5.41) is 0. The van der Waals surface area contributed by atoms with Crippen molar-refractivity contribution in [3.8, 4) is 18.1 Å². The van der Waals surface area contributed by atoms with Crippen LogP contribution in [0.2, 0.25) is 0 Å². The van der Waals surface area contributed by atoms with Crippen LogP contribution in [0.3, 0.4) is 0 Å². The molecule has 0 aromatic heterocycles. The number of rotatable bonds is 8. The van der Waals surface area contributed by atoms with Gasteiger partial charge in [-0.2, -0.15) is 0 Å². The van der Waals surface area contributed by atoms with Crippen LogP contribution in [-0.4, -0.2) is 6.10 Å². The Morgan fingerprint density at radius 2 is 1.54 bits per heavy atom. The molecule has 0 spiro atoms. The topological polar surface area (TPSA) is 18.5 Å². The summed E-state index contributed by atoms with van der Waals surface area (Å²) in [5.41, 5.74) is 4.57. The molecule has 0 aliphatic carbocycles. The highest BCUT2D eigenvalue weighted by Crippen LogP contribution is 2.28. The van der Waals surface area contributed by atoms with Crippen LogP contribution in [0.5, 0.6) is 5.75 Å². The molecule has 0 aliphatic rings. The van der Waals surface area contributed by atoms with Crippen LogP contribution in [0.1, 0.15) is 22.3 Å². The fourth-order valence-electron chi connectivity index (χ4n) is 2.93. The zero-order valence-electron chi connectivity index (χ0n) is 15.9. The standard InChI is InChI=1S/C25H23IO2/c1-3-23(27-17-20-10-6-4-7-11-20)16-22-14-19(2)15-24(25(22)26)28-18-21-12-8-5-9-13-21/h1,4-15,23H,16-18H2,2H3/t23-/m0/s1. The van der Waals surface area contributed by atoms with Crippen molar-refractivity contribution in [2.75, 3.05) is 0 Å². The Labute approximate surface area is 181 Å². The highest BCUT2D eigenvalue weighted by molar-refractivity contribution is 14.1. The van der Waals surface area contributed by atoms with Crippen molar-refractivity contribution >= 4 is 22.6 Å². The molecule has 0 unspecified atom stereocenters. The van der Waals surface area contributed by atoms with E-state index in [-0.39, 0.29) is 6.10 Å². The molecule has 3 rings (SSSR count). The molecule has 3 aromatic carbocycles. The smallest absolute Gasteiger partial charge is 0.133 e. The molecule has 0 bridgehead atoms. The van der Waals surface area contributed by atoms with Crippen molar-refractivity contribution in [2.24, 2.45) is 0 Å². The summed E-state index contributed by atoms with van der Waals surface area (Å²) < 4.78 is 13.1. The van der Waals surface area contributed by atoms with E-state index in [9.17, 15) is 0 Å². The highest BCUT2D eigenvalue weighted by Gasteiger charge is 2.14. The van der Waals surface area contributed by atoms with E-state index in [1.807, 2.05) is 48.5 Å². The van der Waals surface area contributed by atoms with E-state index in [0.717, 1.165) is 31.6 Å². The SMILES string of the molecule is C#C[C@@H](Cc1cc(C)cc(OCc2ccccc2)c1I)OCc1ccccc1. The van der Waals surface area contributed by atoms with E-state index < -0.39 is 0 Å². The van der Waals surface area contributed by atoms with Crippen molar-refractivity contribution in [1.82, 2.24) is 0 Å². The van der Waals surface area contributed by atoms with E-state index in [1.54, 1.807) is 0 Å². The van der Waals surface area contributed by atoms with Gasteiger partial charge in [0.15, 0.2) is 0 Å². The van der Waals surface area contributed by atoms with Gasteiger partial charge < -0.3 is 9.47 Å². The Bertz CT molecular complexity index is 930. The van der Waals surface area contributed by atoms with Gasteiger partial charge in [-0.25, -0.2) is 0 Å². The molecule has 0 aliphatic heterocycles. The predicted octanol–water partition coefficient (Wildman–Crippen LogP) is 5.94. The first-order chi connectivity index (χ1) is 13.7. The number of hydrogen-bond acceptors (Lipinski definition) is 2. The summed E-state index contributed by atoms with van der Waals surface area (Å²) in [7, 11) is 0. The van der Waals surface area contributed by atoms with Crippen LogP contribution < -0.4 is 4.74 Å². The third-order valence-corrected chi connectivity index (χ3v) is 5.61. The second-order valence-electron chi connectivity index (χ2n) is 6.67. The average Bonchev–Trinajstić information content (AvgIpc) is 2.73. The lowest BCUT2D eigenvalue weighted by Gasteiger charge is -2.17.